The summed E-state index contributed by atoms with van der Waals surface area (Å²) in [5, 5.41) is 0. The number of allylic oxidation sites excluding steroid dienone is 1. The number of nitrogens with zero attached hydrogens (tertiary/aromatic N) is 1. The molecule has 0 unspecified atom stereocenters. The molecule has 0 aliphatic heterocycles. The fourth-order valence-electron chi connectivity index (χ4n) is 1.12. The fraction of sp³-hybridized carbons (Fsp3) is 0.125. The molecule has 0 saturated carbocycles. The summed E-state index contributed by atoms with van der Waals surface area (Å²) in [6.07, 6.45) is 7.17. The van der Waals surface area contributed by atoms with Gasteiger partial charge < -0.3 is 0 Å². The Hall–Kier alpha value is -0.380. The molecule has 1 nitrogen and oxygen atoms in total. The van der Waals surface area contributed by atoms with Crippen molar-refractivity contribution in [1.29, 1.82) is 0 Å². The van der Waals surface area contributed by atoms with Crippen LogP contribution in [0.4, 0.5) is 0 Å². The third-order valence-electron chi connectivity index (χ3n) is 1.62. The van der Waals surface area contributed by atoms with Gasteiger partial charge in [0.15, 0.2) is 0 Å². The van der Waals surface area contributed by atoms with E-state index in [-0.39, 0.29) is 0 Å². The Morgan fingerprint density at radius 3 is 3.20 bits per heavy atom. The van der Waals surface area contributed by atoms with Crippen molar-refractivity contribution in [1.82, 2.24) is 4.98 Å². The molecule has 0 fully saturated rings. The highest BCUT2D eigenvalue weighted by Crippen LogP contribution is 2.21. The first-order chi connectivity index (χ1) is 4.88. The van der Waals surface area contributed by atoms with Crippen LogP contribution < -0.4 is 0 Å². The molecule has 0 saturated heterocycles. The highest BCUT2D eigenvalue weighted by atomic mass is 127. The Morgan fingerprint density at radius 1 is 1.50 bits per heavy atom. The summed E-state index contributed by atoms with van der Waals surface area (Å²) in [6, 6.07) is 2.04. The summed E-state index contributed by atoms with van der Waals surface area (Å²) >= 11 is 2.33. The van der Waals surface area contributed by atoms with Gasteiger partial charge in [-0.25, -0.2) is 0 Å². The first-order valence-electron chi connectivity index (χ1n) is 3.18. The van der Waals surface area contributed by atoms with Crippen molar-refractivity contribution in [2.45, 2.75) is 6.42 Å². The summed E-state index contributed by atoms with van der Waals surface area (Å²) in [6.45, 7) is 0. The van der Waals surface area contributed by atoms with Gasteiger partial charge in [-0.1, -0.05) is 12.2 Å². The SMILES string of the molecule is Ic1ccnc2c1C=CC2. The van der Waals surface area contributed by atoms with E-state index < -0.39 is 0 Å². The summed E-state index contributed by atoms with van der Waals surface area (Å²) in [4.78, 5) is 4.25. The lowest BCUT2D eigenvalue weighted by atomic mass is 10.2. The summed E-state index contributed by atoms with van der Waals surface area (Å²) in [7, 11) is 0. The Balaban J connectivity index is 2.67. The highest BCUT2D eigenvalue weighted by Gasteiger charge is 2.07. The monoisotopic (exact) mass is 243 g/mol. The zero-order chi connectivity index (χ0) is 6.97. The van der Waals surface area contributed by atoms with Gasteiger partial charge in [0.2, 0.25) is 0 Å². The predicted molar refractivity (Wildman–Crippen MR) is 49.7 cm³/mol. The molecule has 0 atom stereocenters. The Bertz CT molecular complexity index is 291. The first-order valence-corrected chi connectivity index (χ1v) is 4.26. The molecule has 0 spiro atoms. The standard InChI is InChI=1S/C8H6IN/c9-7-4-5-10-8-3-1-2-6(7)8/h1-2,4-5H,3H2. The molecule has 0 aromatic carbocycles. The van der Waals surface area contributed by atoms with E-state index in [0.717, 1.165) is 6.42 Å². The maximum absolute atomic E-state index is 4.25. The Labute approximate surface area is 73.3 Å². The number of aromatic nitrogens is 1. The molecule has 1 aliphatic carbocycles. The van der Waals surface area contributed by atoms with Crippen molar-refractivity contribution in [3.63, 3.8) is 0 Å². The normalized spacial score (nSPS) is 13.7. The lowest BCUT2D eigenvalue weighted by molar-refractivity contribution is 1.12. The minimum absolute atomic E-state index is 1.01. The maximum atomic E-state index is 4.25. The van der Waals surface area contributed by atoms with Crippen molar-refractivity contribution in [2.75, 3.05) is 0 Å². The first kappa shape index (κ1) is 6.34. The summed E-state index contributed by atoms with van der Waals surface area (Å²) in [5.41, 5.74) is 2.52. The third kappa shape index (κ3) is 0.868. The maximum Gasteiger partial charge on any atom is 0.0524 e. The average molecular weight is 243 g/mol. The van der Waals surface area contributed by atoms with Crippen molar-refractivity contribution in [2.24, 2.45) is 0 Å². The van der Waals surface area contributed by atoms with E-state index >= 15 is 0 Å². The quantitative estimate of drug-likeness (QED) is 0.637. The van der Waals surface area contributed by atoms with E-state index in [9.17, 15) is 0 Å². The van der Waals surface area contributed by atoms with E-state index in [1.165, 1.54) is 14.8 Å². The number of pyridine rings is 1. The molecule has 1 aliphatic rings. The van der Waals surface area contributed by atoms with E-state index in [1.807, 2.05) is 12.3 Å². The van der Waals surface area contributed by atoms with Gasteiger partial charge >= 0.3 is 0 Å². The smallest absolute Gasteiger partial charge is 0.0524 e. The van der Waals surface area contributed by atoms with Crippen LogP contribution in [0.2, 0.25) is 0 Å². The second-order valence-corrected chi connectivity index (χ2v) is 3.42. The van der Waals surface area contributed by atoms with Crippen LogP contribution in [0, 0.1) is 3.57 Å². The van der Waals surface area contributed by atoms with E-state index in [1.54, 1.807) is 0 Å². The van der Waals surface area contributed by atoms with Gasteiger partial charge in [-0.2, -0.15) is 0 Å². The van der Waals surface area contributed by atoms with Crippen molar-refractivity contribution < 1.29 is 0 Å². The third-order valence-corrected chi connectivity index (χ3v) is 2.56. The topological polar surface area (TPSA) is 12.9 Å². The van der Waals surface area contributed by atoms with E-state index in [2.05, 4.69) is 39.7 Å². The molecule has 0 amide bonds. The molecule has 2 heteroatoms. The van der Waals surface area contributed by atoms with Crippen molar-refractivity contribution >= 4 is 28.7 Å². The molecule has 50 valence electrons. The minimum Gasteiger partial charge on any atom is -0.260 e. The van der Waals surface area contributed by atoms with Crippen LogP contribution in [0.3, 0.4) is 0 Å². The van der Waals surface area contributed by atoms with Crippen LogP contribution in [0.25, 0.3) is 6.08 Å². The second-order valence-electron chi connectivity index (χ2n) is 2.26. The van der Waals surface area contributed by atoms with Gasteiger partial charge in [0.05, 0.1) is 5.69 Å². The molecule has 0 radical (unpaired) electrons. The second kappa shape index (κ2) is 2.34. The Kier molecular flexibility index (Phi) is 1.48. The molecular weight excluding hydrogens is 237 g/mol. The van der Waals surface area contributed by atoms with Gasteiger partial charge in [-0.15, -0.1) is 0 Å². The molecule has 0 N–H and O–H groups in total. The van der Waals surface area contributed by atoms with E-state index in [4.69, 9.17) is 0 Å². The van der Waals surface area contributed by atoms with Crippen molar-refractivity contribution in [3.8, 4) is 0 Å². The van der Waals surface area contributed by atoms with Crippen LogP contribution in [0.15, 0.2) is 18.3 Å². The lowest BCUT2D eigenvalue weighted by Crippen LogP contribution is -1.88. The van der Waals surface area contributed by atoms with E-state index in [0.29, 0.717) is 0 Å². The van der Waals surface area contributed by atoms with Crippen LogP contribution in [-0.2, 0) is 6.42 Å². The van der Waals surface area contributed by atoms with Gasteiger partial charge in [0.1, 0.15) is 0 Å². The molecule has 10 heavy (non-hydrogen) atoms. The number of halogens is 1. The molecular formula is C8H6IN. The zero-order valence-electron chi connectivity index (χ0n) is 5.34. The Morgan fingerprint density at radius 2 is 2.40 bits per heavy atom. The molecule has 1 aromatic rings. The zero-order valence-corrected chi connectivity index (χ0v) is 7.50. The molecule has 0 bridgehead atoms. The predicted octanol–water partition coefficient (Wildman–Crippen LogP) is 2.26. The van der Waals surface area contributed by atoms with Gasteiger partial charge in [0.25, 0.3) is 0 Å². The fourth-order valence-corrected chi connectivity index (χ4v) is 1.77. The van der Waals surface area contributed by atoms with Crippen LogP contribution in [0.1, 0.15) is 11.3 Å². The van der Waals surface area contributed by atoms with Gasteiger partial charge in [-0.3, -0.25) is 4.98 Å². The number of rotatable bonds is 0. The molecule has 1 heterocycles. The molecule has 1 aromatic heterocycles. The van der Waals surface area contributed by atoms with Crippen LogP contribution in [0.5, 0.6) is 0 Å². The minimum atomic E-state index is 1.01. The number of hydrogen-bond acceptors (Lipinski definition) is 1. The average Bonchev–Trinajstić information content (AvgIpc) is 2.36. The van der Waals surface area contributed by atoms with Crippen LogP contribution in [-0.4, -0.2) is 4.98 Å². The van der Waals surface area contributed by atoms with Crippen molar-refractivity contribution in [3.05, 3.63) is 33.2 Å². The largest absolute Gasteiger partial charge is 0.260 e. The van der Waals surface area contributed by atoms with Crippen LogP contribution >= 0.6 is 22.6 Å². The van der Waals surface area contributed by atoms with Gasteiger partial charge in [0, 0.05) is 21.8 Å². The van der Waals surface area contributed by atoms with Gasteiger partial charge in [-0.05, 0) is 28.7 Å². The summed E-state index contributed by atoms with van der Waals surface area (Å²) in [5.74, 6) is 0. The highest BCUT2D eigenvalue weighted by molar-refractivity contribution is 14.1. The summed E-state index contributed by atoms with van der Waals surface area (Å²) < 4.78 is 1.30. The number of hydrogen-bond donors (Lipinski definition) is 0. The molecule has 2 rings (SSSR count). The lowest BCUT2D eigenvalue weighted by Gasteiger charge is -1.97. The number of fused-ring (bicyclic) bond motifs is 1.